The second-order valence-corrected chi connectivity index (χ2v) is 8.15. The van der Waals surface area contributed by atoms with E-state index in [1.165, 1.54) is 38.5 Å². The first-order chi connectivity index (χ1) is 10.3. The highest BCUT2D eigenvalue weighted by atomic mass is 16.5. The van der Waals surface area contributed by atoms with Crippen molar-refractivity contribution in [1.29, 1.82) is 0 Å². The number of ether oxygens (including phenoxy) is 1. The summed E-state index contributed by atoms with van der Waals surface area (Å²) in [6, 6.07) is 0. The highest BCUT2D eigenvalue weighted by Crippen LogP contribution is 2.23. The van der Waals surface area contributed by atoms with Crippen LogP contribution in [0.1, 0.15) is 93.9 Å². The van der Waals surface area contributed by atoms with Gasteiger partial charge in [0.15, 0.2) is 0 Å². The summed E-state index contributed by atoms with van der Waals surface area (Å²) >= 11 is 0. The molecule has 0 aliphatic carbocycles. The Morgan fingerprint density at radius 2 is 1.05 bits per heavy atom. The Morgan fingerprint density at radius 1 is 0.591 bits per heavy atom. The first-order valence-electron chi connectivity index (χ1n) is 9.93. The van der Waals surface area contributed by atoms with E-state index in [9.17, 15) is 0 Å². The maximum absolute atomic E-state index is 6.19. The van der Waals surface area contributed by atoms with E-state index in [0.29, 0.717) is 17.9 Å². The Bertz CT molecular complexity index is 224. The van der Waals surface area contributed by atoms with E-state index in [2.05, 4.69) is 55.4 Å². The number of hydrogen-bond donors (Lipinski definition) is 0. The number of hydrogen-bond acceptors (Lipinski definition) is 1. The van der Waals surface area contributed by atoms with Crippen molar-refractivity contribution >= 4 is 0 Å². The normalized spacial score (nSPS) is 20.2. The molecular formula is C21H44O. The minimum Gasteiger partial charge on any atom is -0.378 e. The van der Waals surface area contributed by atoms with Gasteiger partial charge < -0.3 is 4.74 Å². The summed E-state index contributed by atoms with van der Waals surface area (Å²) in [6.07, 6.45) is 8.35. The zero-order chi connectivity index (χ0) is 17.1. The topological polar surface area (TPSA) is 9.23 Å². The van der Waals surface area contributed by atoms with Crippen molar-refractivity contribution in [3.05, 3.63) is 0 Å². The van der Waals surface area contributed by atoms with E-state index < -0.39 is 0 Å². The van der Waals surface area contributed by atoms with E-state index in [1.54, 1.807) is 0 Å². The molecule has 0 aromatic heterocycles. The van der Waals surface area contributed by atoms with Gasteiger partial charge >= 0.3 is 0 Å². The molecule has 0 N–H and O–H groups in total. The molecule has 22 heavy (non-hydrogen) atoms. The lowest BCUT2D eigenvalue weighted by molar-refractivity contribution is -0.00143. The van der Waals surface area contributed by atoms with Crippen LogP contribution in [0.2, 0.25) is 0 Å². The molecule has 0 aliphatic rings. The molecule has 0 amide bonds. The fourth-order valence-corrected chi connectivity index (χ4v) is 2.65. The lowest BCUT2D eigenvalue weighted by atomic mass is 9.88. The minimum atomic E-state index is 0.397. The predicted octanol–water partition coefficient (Wildman–Crippen LogP) is 6.95. The average molecular weight is 313 g/mol. The predicted molar refractivity (Wildman–Crippen MR) is 100 cm³/mol. The highest BCUT2D eigenvalue weighted by Gasteiger charge is 2.18. The van der Waals surface area contributed by atoms with Crippen LogP contribution in [0, 0.1) is 29.6 Å². The van der Waals surface area contributed by atoms with Gasteiger partial charge in [0.05, 0.1) is 6.10 Å². The molecule has 0 aliphatic heterocycles. The van der Waals surface area contributed by atoms with Crippen LogP contribution in [0.25, 0.3) is 0 Å². The SMILES string of the molecule is CCC(C)CCC(C)C(C)COC(C)C(C)CCC(C)CC. The van der Waals surface area contributed by atoms with Crippen molar-refractivity contribution in [3.8, 4) is 0 Å². The lowest BCUT2D eigenvalue weighted by Crippen LogP contribution is -2.24. The van der Waals surface area contributed by atoms with Crippen molar-refractivity contribution in [2.45, 2.75) is 100 Å². The Balaban J connectivity index is 3.93. The molecule has 1 nitrogen and oxygen atoms in total. The van der Waals surface area contributed by atoms with Gasteiger partial charge in [0.1, 0.15) is 0 Å². The van der Waals surface area contributed by atoms with Gasteiger partial charge in [-0.15, -0.1) is 0 Å². The lowest BCUT2D eigenvalue weighted by Gasteiger charge is -2.26. The van der Waals surface area contributed by atoms with Crippen molar-refractivity contribution in [1.82, 2.24) is 0 Å². The largest absolute Gasteiger partial charge is 0.378 e. The third kappa shape index (κ3) is 9.87. The fourth-order valence-electron chi connectivity index (χ4n) is 2.65. The quantitative estimate of drug-likeness (QED) is 0.357. The maximum atomic E-state index is 6.19. The van der Waals surface area contributed by atoms with Crippen LogP contribution in [0.5, 0.6) is 0 Å². The summed E-state index contributed by atoms with van der Waals surface area (Å²) in [6.45, 7) is 19.6. The van der Waals surface area contributed by atoms with Gasteiger partial charge in [-0.25, -0.2) is 0 Å². The van der Waals surface area contributed by atoms with Crippen LogP contribution >= 0.6 is 0 Å². The van der Waals surface area contributed by atoms with E-state index in [1.807, 2.05) is 0 Å². The molecule has 0 saturated heterocycles. The van der Waals surface area contributed by atoms with Gasteiger partial charge in [-0.3, -0.25) is 0 Å². The molecule has 0 bridgehead atoms. The monoisotopic (exact) mass is 312 g/mol. The summed E-state index contributed by atoms with van der Waals surface area (Å²) in [4.78, 5) is 0. The first-order valence-corrected chi connectivity index (χ1v) is 9.93. The molecule has 0 fully saturated rings. The fraction of sp³-hybridized carbons (Fsp3) is 1.00. The van der Waals surface area contributed by atoms with Gasteiger partial charge in [-0.05, 0) is 42.9 Å². The second kappa shape index (κ2) is 12.4. The van der Waals surface area contributed by atoms with Crippen molar-refractivity contribution in [2.24, 2.45) is 29.6 Å². The second-order valence-electron chi connectivity index (χ2n) is 8.15. The molecule has 0 spiro atoms. The van der Waals surface area contributed by atoms with Gasteiger partial charge in [-0.1, -0.05) is 80.6 Å². The van der Waals surface area contributed by atoms with Gasteiger partial charge in [0, 0.05) is 6.61 Å². The third-order valence-corrected chi connectivity index (χ3v) is 6.02. The summed E-state index contributed by atoms with van der Waals surface area (Å²) < 4.78 is 6.19. The molecular weight excluding hydrogens is 268 g/mol. The summed E-state index contributed by atoms with van der Waals surface area (Å²) in [5.41, 5.74) is 0. The van der Waals surface area contributed by atoms with E-state index in [0.717, 1.165) is 24.4 Å². The van der Waals surface area contributed by atoms with Crippen LogP contribution in [0.4, 0.5) is 0 Å². The molecule has 0 heterocycles. The van der Waals surface area contributed by atoms with Gasteiger partial charge in [-0.2, -0.15) is 0 Å². The van der Waals surface area contributed by atoms with E-state index in [4.69, 9.17) is 4.74 Å². The van der Waals surface area contributed by atoms with Gasteiger partial charge in [0.25, 0.3) is 0 Å². The van der Waals surface area contributed by atoms with Crippen LogP contribution in [0.3, 0.4) is 0 Å². The van der Waals surface area contributed by atoms with Crippen LogP contribution < -0.4 is 0 Å². The molecule has 0 aromatic carbocycles. The molecule has 134 valence electrons. The van der Waals surface area contributed by atoms with Crippen LogP contribution in [-0.4, -0.2) is 12.7 Å². The van der Waals surface area contributed by atoms with Crippen molar-refractivity contribution in [3.63, 3.8) is 0 Å². The Kier molecular flexibility index (Phi) is 12.4. The molecule has 6 unspecified atom stereocenters. The zero-order valence-corrected chi connectivity index (χ0v) is 16.8. The molecule has 0 rings (SSSR count). The van der Waals surface area contributed by atoms with Gasteiger partial charge in [0.2, 0.25) is 0 Å². The standard InChI is InChI=1S/C21H44O/c1-9-16(3)11-13-18(5)20(7)15-22-21(8)19(6)14-12-17(4)10-2/h16-21H,9-15H2,1-8H3. The zero-order valence-electron chi connectivity index (χ0n) is 16.8. The molecule has 0 aromatic rings. The van der Waals surface area contributed by atoms with Crippen LogP contribution in [-0.2, 0) is 4.74 Å². The molecule has 0 radical (unpaired) electrons. The Hall–Kier alpha value is -0.0400. The Morgan fingerprint density at radius 3 is 1.50 bits per heavy atom. The van der Waals surface area contributed by atoms with Crippen LogP contribution in [0.15, 0.2) is 0 Å². The average Bonchev–Trinajstić information content (AvgIpc) is 2.53. The third-order valence-electron chi connectivity index (χ3n) is 6.02. The van der Waals surface area contributed by atoms with Crippen molar-refractivity contribution < 1.29 is 4.74 Å². The highest BCUT2D eigenvalue weighted by molar-refractivity contribution is 4.67. The summed E-state index contributed by atoms with van der Waals surface area (Å²) in [5, 5.41) is 0. The summed E-state index contributed by atoms with van der Waals surface area (Å²) in [5.74, 6) is 3.85. The smallest absolute Gasteiger partial charge is 0.0572 e. The first kappa shape index (κ1) is 22.0. The summed E-state index contributed by atoms with van der Waals surface area (Å²) in [7, 11) is 0. The van der Waals surface area contributed by atoms with Crippen molar-refractivity contribution in [2.75, 3.05) is 6.61 Å². The van der Waals surface area contributed by atoms with E-state index in [-0.39, 0.29) is 0 Å². The van der Waals surface area contributed by atoms with E-state index >= 15 is 0 Å². The Labute approximate surface area is 141 Å². The molecule has 0 saturated carbocycles. The number of rotatable bonds is 13. The molecule has 1 heteroatoms. The maximum Gasteiger partial charge on any atom is 0.0572 e. The minimum absolute atomic E-state index is 0.397. The molecule has 6 atom stereocenters.